The summed E-state index contributed by atoms with van der Waals surface area (Å²) in [4.78, 5) is 12.4. The summed E-state index contributed by atoms with van der Waals surface area (Å²) in [5.41, 5.74) is 7.35. The van der Waals surface area contributed by atoms with Crippen molar-refractivity contribution in [2.75, 3.05) is 11.9 Å². The number of hydrogen-bond donors (Lipinski definition) is 3. The number of aromatic amines is 1. The van der Waals surface area contributed by atoms with Crippen LogP contribution < -0.4 is 15.8 Å². The number of ether oxygens (including phenoxy) is 1. The van der Waals surface area contributed by atoms with Gasteiger partial charge in [0, 0.05) is 24.5 Å². The predicted octanol–water partition coefficient (Wildman–Crippen LogP) is 3.73. The number of carbonyl (C=O) groups excluding carboxylic acids is 1. The van der Waals surface area contributed by atoms with Crippen molar-refractivity contribution in [2.45, 2.75) is 5.92 Å². The highest BCUT2D eigenvalue weighted by molar-refractivity contribution is 5.96. The number of nitrogens with two attached hydrogens (primary N) is 1. The fourth-order valence-corrected chi connectivity index (χ4v) is 2.34. The Bertz CT molecular complexity index is 781. The number of amides is 1. The molecule has 0 bridgehead atoms. The molecular weight excluding hydrogens is 375 g/mol. The minimum Gasteiger partial charge on any atom is -0.438 e. The van der Waals surface area contributed by atoms with Gasteiger partial charge in [-0.2, -0.15) is 0 Å². The van der Waals surface area contributed by atoms with Gasteiger partial charge < -0.3 is 15.8 Å². The van der Waals surface area contributed by atoms with Gasteiger partial charge in [-0.15, -0.1) is 29.9 Å². The van der Waals surface area contributed by atoms with Crippen molar-refractivity contribution in [1.29, 1.82) is 0 Å². The Kier molecular flexibility index (Phi) is 8.64. The van der Waals surface area contributed by atoms with Crippen molar-refractivity contribution in [2.24, 2.45) is 5.73 Å². The molecule has 1 heterocycles. The molecule has 3 rings (SSSR count). The van der Waals surface area contributed by atoms with E-state index >= 15 is 0 Å². The first kappa shape index (κ1) is 21.5. The maximum atomic E-state index is 12.4. The second-order valence-electron chi connectivity index (χ2n) is 5.23. The first-order valence-electron chi connectivity index (χ1n) is 7.60. The lowest BCUT2D eigenvalue weighted by molar-refractivity contribution is -0.117. The molecule has 0 spiro atoms. The summed E-state index contributed by atoms with van der Waals surface area (Å²) in [6, 6.07) is 18.3. The quantitative estimate of drug-likeness (QED) is 0.593. The fourth-order valence-electron chi connectivity index (χ4n) is 2.34. The van der Waals surface area contributed by atoms with Gasteiger partial charge in [-0.1, -0.05) is 30.3 Å². The zero-order valence-corrected chi connectivity index (χ0v) is 15.4. The Morgan fingerprint density at radius 3 is 2.35 bits per heavy atom. The number of aromatic nitrogens is 2. The Morgan fingerprint density at radius 2 is 1.77 bits per heavy atom. The largest absolute Gasteiger partial charge is 0.438 e. The lowest BCUT2D eigenvalue weighted by Crippen LogP contribution is -2.27. The summed E-state index contributed by atoms with van der Waals surface area (Å²) in [6.45, 7) is 0.246. The minimum absolute atomic E-state index is 0. The lowest BCUT2D eigenvalue weighted by atomic mass is 9.98. The average molecular weight is 395 g/mol. The van der Waals surface area contributed by atoms with Gasteiger partial charge >= 0.3 is 0 Å². The third kappa shape index (κ3) is 5.49. The van der Waals surface area contributed by atoms with Gasteiger partial charge in [0.1, 0.15) is 5.75 Å². The highest BCUT2D eigenvalue weighted by Gasteiger charge is 2.18. The second-order valence-corrected chi connectivity index (χ2v) is 5.23. The van der Waals surface area contributed by atoms with E-state index in [0.29, 0.717) is 17.3 Å². The van der Waals surface area contributed by atoms with E-state index in [1.54, 1.807) is 36.5 Å². The first-order chi connectivity index (χ1) is 11.8. The molecule has 4 N–H and O–H groups in total. The topological polar surface area (TPSA) is 93.0 Å². The minimum atomic E-state index is -0.383. The summed E-state index contributed by atoms with van der Waals surface area (Å²) in [5, 5.41) is 9.48. The number of benzene rings is 2. The SMILES string of the molecule is Cl.Cl.NCC(C(=O)Nc1ccc(Oc2cc[nH]n2)cc1)c1ccccc1. The average Bonchev–Trinajstić information content (AvgIpc) is 3.11. The number of H-pyrrole nitrogens is 1. The maximum absolute atomic E-state index is 12.4. The van der Waals surface area contributed by atoms with Gasteiger partial charge in [-0.25, -0.2) is 0 Å². The van der Waals surface area contributed by atoms with Crippen molar-refractivity contribution in [3.63, 3.8) is 0 Å². The van der Waals surface area contributed by atoms with E-state index in [9.17, 15) is 4.79 Å². The molecule has 0 saturated heterocycles. The fraction of sp³-hybridized carbons (Fsp3) is 0.111. The van der Waals surface area contributed by atoms with Crippen LogP contribution in [0.15, 0.2) is 66.9 Å². The summed E-state index contributed by atoms with van der Waals surface area (Å²) >= 11 is 0. The Hall–Kier alpha value is -2.54. The van der Waals surface area contributed by atoms with Gasteiger partial charge in [-0.05, 0) is 29.8 Å². The van der Waals surface area contributed by atoms with Crippen LogP contribution in [0.25, 0.3) is 0 Å². The Labute approximate surface area is 164 Å². The van der Waals surface area contributed by atoms with Crippen LogP contribution in [0.3, 0.4) is 0 Å². The maximum Gasteiger partial charge on any atom is 0.237 e. The summed E-state index contributed by atoms with van der Waals surface area (Å²) in [5.74, 6) is 0.605. The van der Waals surface area contributed by atoms with Crippen LogP contribution >= 0.6 is 24.8 Å². The Balaban J connectivity index is 0.00000169. The van der Waals surface area contributed by atoms with E-state index in [4.69, 9.17) is 10.5 Å². The zero-order valence-electron chi connectivity index (χ0n) is 13.8. The van der Waals surface area contributed by atoms with Gasteiger partial charge in [-0.3, -0.25) is 9.89 Å². The lowest BCUT2D eigenvalue weighted by Gasteiger charge is -2.15. The molecule has 8 heteroatoms. The number of halogens is 2. The molecule has 3 aromatic rings. The number of hydrogen-bond acceptors (Lipinski definition) is 4. The third-order valence-corrected chi connectivity index (χ3v) is 3.57. The van der Waals surface area contributed by atoms with E-state index in [1.165, 1.54) is 0 Å². The molecule has 138 valence electrons. The van der Waals surface area contributed by atoms with Crippen LogP contribution in [-0.4, -0.2) is 22.6 Å². The smallest absolute Gasteiger partial charge is 0.237 e. The molecule has 0 aliphatic carbocycles. The van der Waals surface area contributed by atoms with E-state index < -0.39 is 0 Å². The molecule has 0 aliphatic heterocycles. The van der Waals surface area contributed by atoms with Gasteiger partial charge in [0.15, 0.2) is 0 Å². The Morgan fingerprint density at radius 1 is 1.08 bits per heavy atom. The molecular formula is C18H20Cl2N4O2. The van der Waals surface area contributed by atoms with E-state index in [0.717, 1.165) is 5.56 Å². The van der Waals surface area contributed by atoms with Gasteiger partial charge in [0.25, 0.3) is 0 Å². The van der Waals surface area contributed by atoms with Crippen LogP contribution in [0.2, 0.25) is 0 Å². The zero-order chi connectivity index (χ0) is 16.8. The summed E-state index contributed by atoms with van der Waals surface area (Å²) in [7, 11) is 0. The molecule has 6 nitrogen and oxygen atoms in total. The van der Waals surface area contributed by atoms with Gasteiger partial charge in [0.2, 0.25) is 11.8 Å². The summed E-state index contributed by atoms with van der Waals surface area (Å²) < 4.78 is 5.54. The molecule has 0 saturated carbocycles. The monoisotopic (exact) mass is 394 g/mol. The van der Waals surface area contributed by atoms with E-state index in [-0.39, 0.29) is 43.2 Å². The summed E-state index contributed by atoms with van der Waals surface area (Å²) in [6.07, 6.45) is 1.68. The van der Waals surface area contributed by atoms with E-state index in [1.807, 2.05) is 30.3 Å². The van der Waals surface area contributed by atoms with Crippen molar-refractivity contribution in [3.8, 4) is 11.6 Å². The number of nitrogens with zero attached hydrogens (tertiary/aromatic N) is 1. The third-order valence-electron chi connectivity index (χ3n) is 3.57. The highest BCUT2D eigenvalue weighted by atomic mass is 35.5. The van der Waals surface area contributed by atoms with E-state index in [2.05, 4.69) is 15.5 Å². The molecule has 26 heavy (non-hydrogen) atoms. The molecule has 0 aliphatic rings. The standard InChI is InChI=1S/C18H18N4O2.2ClH/c19-12-16(13-4-2-1-3-5-13)18(23)21-14-6-8-15(9-7-14)24-17-10-11-20-22-17;;/h1-11,16H,12,19H2,(H,20,22)(H,21,23);2*1H. The predicted molar refractivity (Wildman–Crippen MR) is 106 cm³/mol. The van der Waals surface area contributed by atoms with Crippen molar-refractivity contribution in [1.82, 2.24) is 10.2 Å². The molecule has 1 unspecified atom stereocenters. The number of rotatable bonds is 6. The van der Waals surface area contributed by atoms with Crippen molar-refractivity contribution in [3.05, 3.63) is 72.4 Å². The molecule has 1 amide bonds. The molecule has 0 fully saturated rings. The first-order valence-corrected chi connectivity index (χ1v) is 7.60. The van der Waals surface area contributed by atoms with Gasteiger partial charge in [0.05, 0.1) is 5.92 Å². The molecule has 0 radical (unpaired) electrons. The number of anilines is 1. The molecule has 1 atom stereocenters. The van der Waals surface area contributed by atoms with Crippen LogP contribution in [0.1, 0.15) is 11.5 Å². The van der Waals surface area contributed by atoms with Crippen LogP contribution in [0, 0.1) is 0 Å². The normalized spacial score (nSPS) is 10.8. The van der Waals surface area contributed by atoms with Crippen LogP contribution in [0.4, 0.5) is 5.69 Å². The number of carbonyl (C=O) groups is 1. The van der Waals surface area contributed by atoms with Crippen molar-refractivity contribution >= 4 is 36.4 Å². The van der Waals surface area contributed by atoms with Crippen LogP contribution in [0.5, 0.6) is 11.6 Å². The number of nitrogens with one attached hydrogen (secondary N) is 2. The van der Waals surface area contributed by atoms with Crippen LogP contribution in [-0.2, 0) is 4.79 Å². The highest BCUT2D eigenvalue weighted by Crippen LogP contribution is 2.22. The van der Waals surface area contributed by atoms with Crippen molar-refractivity contribution < 1.29 is 9.53 Å². The second kappa shape index (κ2) is 10.5. The molecule has 2 aromatic carbocycles. The molecule has 1 aromatic heterocycles.